The summed E-state index contributed by atoms with van der Waals surface area (Å²) in [6.07, 6.45) is 10.1. The van der Waals surface area contributed by atoms with E-state index in [1.54, 1.807) is 3.59 Å². The molecule has 0 aliphatic carbocycles. The summed E-state index contributed by atoms with van der Waals surface area (Å²) in [5, 5.41) is 0.208. The fourth-order valence-corrected chi connectivity index (χ4v) is 22.3. The van der Waals surface area contributed by atoms with Crippen LogP contribution in [0.4, 0.5) is 0 Å². The van der Waals surface area contributed by atoms with Crippen LogP contribution in [-0.4, -0.2) is 46.5 Å². The number of rotatable bonds is 19. The molecule has 0 saturated heterocycles. The van der Waals surface area contributed by atoms with Gasteiger partial charge < -0.3 is 0 Å². The predicted molar refractivity (Wildman–Crippen MR) is 168 cm³/mol. The number of unbranched alkanes of at least 4 members (excludes halogenated alkanes) is 3. The second kappa shape index (κ2) is 17.5. The molecule has 0 fully saturated rings. The van der Waals surface area contributed by atoms with E-state index in [4.69, 9.17) is 13.9 Å². The zero-order valence-corrected chi connectivity index (χ0v) is 30.0. The van der Waals surface area contributed by atoms with Gasteiger partial charge in [-0.1, -0.05) is 0 Å². The van der Waals surface area contributed by atoms with Gasteiger partial charge in [0.15, 0.2) is 0 Å². The van der Waals surface area contributed by atoms with E-state index in [2.05, 4.69) is 85.0 Å². The normalized spacial score (nSPS) is 13.5. The Labute approximate surface area is 236 Å². The first-order chi connectivity index (χ1) is 17.5. The van der Waals surface area contributed by atoms with Crippen LogP contribution in [0.15, 0.2) is 27.9 Å². The van der Waals surface area contributed by atoms with Crippen LogP contribution in [0.5, 0.6) is 0 Å². The van der Waals surface area contributed by atoms with Gasteiger partial charge in [-0.25, -0.2) is 0 Å². The monoisotopic (exact) mass is 640 g/mol. The van der Waals surface area contributed by atoms with Gasteiger partial charge in [0.05, 0.1) is 0 Å². The average molecular weight is 640 g/mol. The van der Waals surface area contributed by atoms with Crippen LogP contribution in [-0.2, 0) is 13.9 Å². The van der Waals surface area contributed by atoms with Gasteiger partial charge in [-0.3, -0.25) is 0 Å². The molecule has 1 aromatic rings. The van der Waals surface area contributed by atoms with Gasteiger partial charge in [0.25, 0.3) is 0 Å². The molecule has 0 atom stereocenters. The quantitative estimate of drug-likeness (QED) is 0.111. The van der Waals surface area contributed by atoms with Crippen LogP contribution in [0.3, 0.4) is 0 Å². The molecule has 214 valence electrons. The zero-order valence-electron chi connectivity index (χ0n) is 26.2. The van der Waals surface area contributed by atoms with E-state index in [1.807, 2.05) is 13.8 Å². The van der Waals surface area contributed by atoms with Crippen molar-refractivity contribution in [3.8, 4) is 0 Å². The van der Waals surface area contributed by atoms with Gasteiger partial charge in [-0.15, -0.1) is 0 Å². The van der Waals surface area contributed by atoms with Crippen molar-refractivity contribution in [2.75, 3.05) is 19.8 Å². The Hall–Kier alpha value is -0.144. The number of hydrogen-bond donors (Lipinski definition) is 0. The maximum absolute atomic E-state index is 7.03. The fraction of sp³-hybridized carbons (Fsp3) is 0.750. The molecule has 0 unspecified atom stereocenters. The van der Waals surface area contributed by atoms with Gasteiger partial charge in [0.1, 0.15) is 0 Å². The second-order valence-corrected chi connectivity index (χ2v) is 30.4. The molecule has 3 nitrogen and oxygen atoms in total. The summed E-state index contributed by atoms with van der Waals surface area (Å²) >= 11 is -2.73. The van der Waals surface area contributed by atoms with E-state index < -0.39 is 26.7 Å². The minimum atomic E-state index is -2.73. The number of benzene rings is 1. The van der Waals surface area contributed by atoms with Crippen LogP contribution < -0.4 is 0 Å². The van der Waals surface area contributed by atoms with Crippen LogP contribution in [0.25, 0.3) is 6.08 Å². The van der Waals surface area contributed by atoms with Crippen molar-refractivity contribution in [3.63, 3.8) is 0 Å². The molecular formula is C32H60O3SiSn. The van der Waals surface area contributed by atoms with E-state index in [-0.39, 0.29) is 11.3 Å². The molecule has 0 aromatic heterocycles. The Morgan fingerprint density at radius 2 is 1.32 bits per heavy atom. The zero-order chi connectivity index (χ0) is 28.0. The molecule has 0 aliphatic heterocycles. The molecule has 1 aromatic carbocycles. The fourth-order valence-electron chi connectivity index (χ4n) is 4.80. The van der Waals surface area contributed by atoms with Gasteiger partial charge in [0.2, 0.25) is 0 Å². The summed E-state index contributed by atoms with van der Waals surface area (Å²) in [5.41, 5.74) is 2.41. The summed E-state index contributed by atoms with van der Waals surface area (Å²) in [7, 11) is -1.87. The molecule has 0 saturated carbocycles. The van der Waals surface area contributed by atoms with Crippen LogP contribution in [0.1, 0.15) is 111 Å². The Bertz CT molecular complexity index is 757. The van der Waals surface area contributed by atoms with Gasteiger partial charge >= 0.3 is 237 Å². The van der Waals surface area contributed by atoms with Crippen molar-refractivity contribution < 1.29 is 13.9 Å². The summed E-state index contributed by atoms with van der Waals surface area (Å²) in [4.78, 5) is 0. The molecule has 0 amide bonds. The minimum absolute atomic E-state index is 0.208. The van der Waals surface area contributed by atoms with E-state index in [0.717, 1.165) is 12.2 Å². The molecule has 5 heteroatoms. The Kier molecular flexibility index (Phi) is 16.5. The summed E-state index contributed by atoms with van der Waals surface area (Å²) in [6.45, 7) is 25.1. The van der Waals surface area contributed by atoms with Gasteiger partial charge in [-0.2, -0.15) is 0 Å². The van der Waals surface area contributed by atoms with E-state index in [0.29, 0.717) is 13.2 Å². The Balaban J connectivity index is 3.74. The molecule has 0 bridgehead atoms. The first-order valence-electron chi connectivity index (χ1n) is 15.2. The van der Waals surface area contributed by atoms with Crippen LogP contribution >= 0.6 is 0 Å². The van der Waals surface area contributed by atoms with Crippen molar-refractivity contribution in [2.45, 2.75) is 132 Å². The van der Waals surface area contributed by atoms with Gasteiger partial charge in [0, 0.05) is 0 Å². The van der Waals surface area contributed by atoms with Crippen molar-refractivity contribution in [1.82, 2.24) is 0 Å². The van der Waals surface area contributed by atoms with Crippen LogP contribution in [0, 0.1) is 0 Å². The Morgan fingerprint density at radius 3 is 1.76 bits per heavy atom. The summed E-state index contributed by atoms with van der Waals surface area (Å²) in [6, 6.07) is 8.74. The third-order valence-corrected chi connectivity index (χ3v) is 28.7. The number of ether oxygens (including phenoxy) is 2. The molecule has 0 heterocycles. The third-order valence-electron chi connectivity index (χ3n) is 8.32. The van der Waals surface area contributed by atoms with Crippen molar-refractivity contribution in [3.05, 3.63) is 39.0 Å². The van der Waals surface area contributed by atoms with E-state index in [1.165, 1.54) is 57.4 Å². The maximum atomic E-state index is 7.03. The standard InChI is InChI=1S/C20H33O3Si.3C4H9.Sn/c1-8-21-19(22-9-2)18-15-11-10-13-17(18)14-12-16-23-24(6,7)20(3,4)5;3*1-3-4-2;/h10-11,13-15,19H,8-9,16H2,1-7H3;3*1,3-4H2,2H3;. The first-order valence-corrected chi connectivity index (χ1v) is 25.6. The van der Waals surface area contributed by atoms with E-state index >= 15 is 0 Å². The molecule has 1 rings (SSSR count). The van der Waals surface area contributed by atoms with Crippen molar-refractivity contribution in [1.29, 1.82) is 0 Å². The molecule has 0 radical (unpaired) electrons. The molecule has 0 spiro atoms. The topological polar surface area (TPSA) is 27.7 Å². The Morgan fingerprint density at radius 1 is 0.838 bits per heavy atom. The summed E-state index contributed by atoms with van der Waals surface area (Å²) in [5.74, 6) is 0. The first kappa shape index (κ1) is 34.9. The van der Waals surface area contributed by atoms with E-state index in [9.17, 15) is 0 Å². The molecule has 0 aliphatic rings. The van der Waals surface area contributed by atoms with Crippen molar-refractivity contribution >= 4 is 32.8 Å². The van der Waals surface area contributed by atoms with Crippen LogP contribution in [0.2, 0.25) is 31.4 Å². The summed E-state index contributed by atoms with van der Waals surface area (Å²) < 4.78 is 25.2. The SMILES string of the molecule is CCC[CH2][Sn]([CH2]CCC)([CH2]CCC)/[C](=C/c1ccccc1C(OCC)OCC)CO[Si](C)(C)C(C)(C)C. The van der Waals surface area contributed by atoms with Crippen molar-refractivity contribution in [2.24, 2.45) is 0 Å². The number of hydrogen-bond acceptors (Lipinski definition) is 3. The predicted octanol–water partition coefficient (Wildman–Crippen LogP) is 10.6. The molecule has 37 heavy (non-hydrogen) atoms. The third kappa shape index (κ3) is 11.1. The second-order valence-electron chi connectivity index (χ2n) is 12.2. The molecular weight excluding hydrogens is 579 g/mol. The van der Waals surface area contributed by atoms with Gasteiger partial charge in [-0.05, 0) is 0 Å². The average Bonchev–Trinajstić information content (AvgIpc) is 2.86. The molecule has 0 N–H and O–H groups in total.